The Morgan fingerprint density at radius 1 is 0.463 bits per heavy atom. The van der Waals surface area contributed by atoms with E-state index >= 15 is 0 Å². The minimum atomic E-state index is 0.786. The Bertz CT molecular complexity index is 2600. The van der Waals surface area contributed by atoms with Gasteiger partial charge in [-0.1, -0.05) is 52.0 Å². The summed E-state index contributed by atoms with van der Waals surface area (Å²) in [5.74, 6) is 0. The van der Waals surface area contributed by atoms with E-state index in [0.29, 0.717) is 0 Å². The predicted molar refractivity (Wildman–Crippen MR) is 222 cm³/mol. The van der Waals surface area contributed by atoms with Crippen molar-refractivity contribution in [1.29, 1.82) is 0 Å². The standard InChI is InChI=1S/C46H44N8/c1-9-27-23(5)39-43-44(48-32-18-14-13-17-31(32)47-43)40-25(7)29(11-3)37(53-40)22-38-30(12-4)26(8)42(54-38)46-45(49-33-19-15-16-20-34(33)50-46)41-24(6)28(10-2)36(52-41)21-35(27)51-39/h13-22,51,54H,9-12H2,1-8H3. The molecule has 268 valence electrons. The highest BCUT2D eigenvalue weighted by Gasteiger charge is 2.31. The molecule has 3 aliphatic heterocycles. The van der Waals surface area contributed by atoms with Gasteiger partial charge in [-0.2, -0.15) is 0 Å². The van der Waals surface area contributed by atoms with Crippen molar-refractivity contribution < 1.29 is 0 Å². The van der Waals surface area contributed by atoms with Gasteiger partial charge >= 0.3 is 0 Å². The van der Waals surface area contributed by atoms with Crippen molar-refractivity contribution in [3.8, 4) is 22.8 Å². The van der Waals surface area contributed by atoms with E-state index in [4.69, 9.17) is 29.9 Å². The van der Waals surface area contributed by atoms with Crippen molar-refractivity contribution in [2.24, 2.45) is 9.98 Å². The van der Waals surface area contributed by atoms with Gasteiger partial charge in [0.2, 0.25) is 0 Å². The van der Waals surface area contributed by atoms with Crippen LogP contribution in [-0.2, 0) is 12.8 Å². The molecule has 8 heteroatoms. The Hall–Kier alpha value is -6.02. The molecule has 0 spiro atoms. The molecule has 4 aromatic heterocycles. The van der Waals surface area contributed by atoms with E-state index in [1.807, 2.05) is 48.5 Å². The van der Waals surface area contributed by atoms with E-state index in [0.717, 1.165) is 138 Å². The van der Waals surface area contributed by atoms with Crippen LogP contribution in [0.5, 0.6) is 0 Å². The van der Waals surface area contributed by atoms with Crippen molar-refractivity contribution in [3.63, 3.8) is 0 Å². The molecule has 0 unspecified atom stereocenters. The van der Waals surface area contributed by atoms with E-state index in [1.165, 1.54) is 22.3 Å². The van der Waals surface area contributed by atoms with Gasteiger partial charge in [0.1, 0.15) is 22.8 Å². The minimum Gasteiger partial charge on any atom is -0.353 e. The number of fused-ring (bicyclic) bond motifs is 14. The zero-order valence-electron chi connectivity index (χ0n) is 32.3. The van der Waals surface area contributed by atoms with E-state index in [9.17, 15) is 0 Å². The molecule has 6 aromatic rings. The van der Waals surface area contributed by atoms with Crippen LogP contribution in [0, 0.1) is 13.8 Å². The minimum absolute atomic E-state index is 0.786. The first-order chi connectivity index (χ1) is 26.2. The van der Waals surface area contributed by atoms with Gasteiger partial charge in [-0.15, -0.1) is 0 Å². The van der Waals surface area contributed by atoms with Crippen molar-refractivity contribution >= 4 is 45.6 Å². The van der Waals surface area contributed by atoms with Crippen molar-refractivity contribution in [2.45, 2.75) is 81.1 Å². The lowest BCUT2D eigenvalue weighted by molar-refractivity contribution is 1.09. The number of aromatic amines is 2. The molecule has 0 amide bonds. The number of para-hydroxylation sites is 4. The maximum absolute atomic E-state index is 5.42. The maximum atomic E-state index is 5.42. The van der Waals surface area contributed by atoms with Gasteiger partial charge in [-0.3, -0.25) is 0 Å². The number of nitrogens with one attached hydrogen (secondary N) is 2. The van der Waals surface area contributed by atoms with Crippen LogP contribution in [0.25, 0.3) is 57.0 Å². The molecule has 3 aliphatic rings. The van der Waals surface area contributed by atoms with Gasteiger partial charge in [0.25, 0.3) is 0 Å². The third-order valence-corrected chi connectivity index (χ3v) is 11.6. The third-order valence-electron chi connectivity index (χ3n) is 11.6. The molecule has 0 atom stereocenters. The van der Waals surface area contributed by atoms with Crippen LogP contribution in [0.15, 0.2) is 92.2 Å². The topological polar surface area (TPSA) is 108 Å². The summed E-state index contributed by atoms with van der Waals surface area (Å²) in [5.41, 5.74) is 23.6. The summed E-state index contributed by atoms with van der Waals surface area (Å²) in [7, 11) is 0. The van der Waals surface area contributed by atoms with Crippen molar-refractivity contribution in [1.82, 2.24) is 29.9 Å². The molecule has 7 heterocycles. The molecular formula is C46H44N8. The summed E-state index contributed by atoms with van der Waals surface area (Å²) < 4.78 is 0. The number of rotatable bonds is 4. The zero-order chi connectivity index (χ0) is 37.4. The number of aromatic nitrogens is 6. The number of nitrogens with zero attached hydrogens (tertiary/aromatic N) is 6. The molecule has 8 bridgehead atoms. The van der Waals surface area contributed by atoms with E-state index in [-0.39, 0.29) is 0 Å². The molecule has 0 radical (unpaired) electrons. The lowest BCUT2D eigenvalue weighted by atomic mass is 9.97. The Kier molecular flexibility index (Phi) is 8.03. The number of hydrogen-bond donors (Lipinski definition) is 2. The molecular weight excluding hydrogens is 665 g/mol. The van der Waals surface area contributed by atoms with Crippen LogP contribution in [-0.4, -0.2) is 41.3 Å². The molecule has 0 saturated carbocycles. The summed E-state index contributed by atoms with van der Waals surface area (Å²) in [6.07, 6.45) is 7.80. The van der Waals surface area contributed by atoms with Crippen LogP contribution < -0.4 is 0 Å². The average Bonchev–Trinajstić information content (AvgIpc) is 3.88. The second kappa shape index (κ2) is 12.8. The van der Waals surface area contributed by atoms with E-state index < -0.39 is 0 Å². The van der Waals surface area contributed by atoms with Gasteiger partial charge in [-0.05, 0) is 134 Å². The molecule has 0 fully saturated rings. The molecule has 2 aromatic carbocycles. The van der Waals surface area contributed by atoms with Crippen molar-refractivity contribution in [2.75, 3.05) is 0 Å². The van der Waals surface area contributed by atoms with Crippen LogP contribution in [0.3, 0.4) is 0 Å². The smallest absolute Gasteiger partial charge is 0.117 e. The fourth-order valence-electron chi connectivity index (χ4n) is 8.70. The monoisotopic (exact) mass is 708 g/mol. The molecule has 0 aliphatic carbocycles. The Morgan fingerprint density at radius 3 is 1.15 bits per heavy atom. The Morgan fingerprint density at radius 2 is 0.815 bits per heavy atom. The predicted octanol–water partition coefficient (Wildman–Crippen LogP) is 10.8. The molecule has 8 nitrogen and oxygen atoms in total. The number of hydrogen-bond acceptors (Lipinski definition) is 6. The maximum Gasteiger partial charge on any atom is 0.117 e. The second-order valence-electron chi connectivity index (χ2n) is 14.5. The Balaban J connectivity index is 1.42. The highest BCUT2D eigenvalue weighted by atomic mass is 14.9. The van der Waals surface area contributed by atoms with Gasteiger partial charge in [0, 0.05) is 11.4 Å². The number of benzene rings is 2. The normalized spacial score (nSPS) is 15.3. The summed E-state index contributed by atoms with van der Waals surface area (Å²) in [6.45, 7) is 17.6. The van der Waals surface area contributed by atoms with Gasteiger partial charge < -0.3 is 9.97 Å². The van der Waals surface area contributed by atoms with Crippen LogP contribution in [0.1, 0.15) is 99.4 Å². The largest absolute Gasteiger partial charge is 0.353 e. The molecule has 9 rings (SSSR count). The first kappa shape index (κ1) is 33.8. The second-order valence-corrected chi connectivity index (χ2v) is 14.5. The highest BCUT2D eigenvalue weighted by molar-refractivity contribution is 6.19. The van der Waals surface area contributed by atoms with Gasteiger partial charge in [-0.25, -0.2) is 29.9 Å². The van der Waals surface area contributed by atoms with Gasteiger partial charge in [0.15, 0.2) is 0 Å². The number of allylic oxidation sites excluding steroid dienone is 4. The lowest BCUT2D eigenvalue weighted by Gasteiger charge is -2.11. The first-order valence-electron chi connectivity index (χ1n) is 19.2. The van der Waals surface area contributed by atoms with Crippen molar-refractivity contribution in [3.05, 3.63) is 127 Å². The number of H-pyrrole nitrogens is 2. The highest BCUT2D eigenvalue weighted by Crippen LogP contribution is 2.41. The molecule has 0 saturated heterocycles. The SMILES string of the molecule is CCC1=C(C)C2=NC1=Cc1[nH]c(c(C)c1CC)-c1nc3ccccc3nc1C1=NC(=Cc3[nH]c(c(C)c3CC)-c3nc4ccccc4nc32)C(CC)=C1C. The molecule has 54 heavy (non-hydrogen) atoms. The van der Waals surface area contributed by atoms with E-state index in [1.54, 1.807) is 0 Å². The first-order valence-corrected chi connectivity index (χ1v) is 19.2. The summed E-state index contributed by atoms with van der Waals surface area (Å²) >= 11 is 0. The number of aliphatic imine (C=N–C) groups is 2. The average molecular weight is 709 g/mol. The summed E-state index contributed by atoms with van der Waals surface area (Å²) in [5, 5.41) is 0. The summed E-state index contributed by atoms with van der Waals surface area (Å²) in [4.78, 5) is 39.8. The van der Waals surface area contributed by atoms with Gasteiger partial charge in [0.05, 0.1) is 56.3 Å². The van der Waals surface area contributed by atoms with E-state index in [2.05, 4.69) is 77.5 Å². The van der Waals surface area contributed by atoms with Crippen LogP contribution in [0.4, 0.5) is 0 Å². The summed E-state index contributed by atoms with van der Waals surface area (Å²) in [6, 6.07) is 16.2. The lowest BCUT2D eigenvalue weighted by Crippen LogP contribution is -2.09. The third kappa shape index (κ3) is 5.03. The van der Waals surface area contributed by atoms with Crippen LogP contribution in [0.2, 0.25) is 0 Å². The fraction of sp³-hybridized carbons (Fsp3) is 0.261. The fourth-order valence-corrected chi connectivity index (χ4v) is 8.70. The molecule has 2 N–H and O–H groups in total. The Labute approximate surface area is 315 Å². The van der Waals surface area contributed by atoms with Crippen LogP contribution >= 0.6 is 0 Å². The quantitative estimate of drug-likeness (QED) is 0.190. The zero-order valence-corrected chi connectivity index (χ0v) is 32.3.